The molecular formula is C31H24. The van der Waals surface area contributed by atoms with E-state index in [9.17, 15) is 0 Å². The molecule has 2 bridgehead atoms. The van der Waals surface area contributed by atoms with Crippen LogP contribution in [0.3, 0.4) is 0 Å². The van der Waals surface area contributed by atoms with E-state index in [-0.39, 0.29) is 0 Å². The van der Waals surface area contributed by atoms with Crippen LogP contribution in [0.1, 0.15) is 28.7 Å². The summed E-state index contributed by atoms with van der Waals surface area (Å²) in [6.45, 7) is 0. The molecule has 0 fully saturated rings. The van der Waals surface area contributed by atoms with Gasteiger partial charge in [0.05, 0.1) is 0 Å². The first-order valence-electron chi connectivity index (χ1n) is 11.1. The summed E-state index contributed by atoms with van der Waals surface area (Å²) in [4.78, 5) is 0. The third kappa shape index (κ3) is 2.99. The molecule has 0 aliphatic heterocycles. The van der Waals surface area contributed by atoms with Gasteiger partial charge in [-0.1, -0.05) is 121 Å². The predicted octanol–water partition coefficient (Wildman–Crippen LogP) is 7.86. The third-order valence-electron chi connectivity index (χ3n) is 6.78. The van der Waals surface area contributed by atoms with E-state index in [4.69, 9.17) is 0 Å². The maximum atomic E-state index is 2.28. The van der Waals surface area contributed by atoms with E-state index in [1.54, 1.807) is 0 Å². The van der Waals surface area contributed by atoms with Crippen molar-refractivity contribution in [2.24, 2.45) is 11.8 Å². The van der Waals surface area contributed by atoms with Gasteiger partial charge in [-0.05, 0) is 51.0 Å². The molecule has 4 aromatic carbocycles. The van der Waals surface area contributed by atoms with Crippen molar-refractivity contribution in [2.75, 3.05) is 0 Å². The number of hydrogen-bond donors (Lipinski definition) is 0. The van der Waals surface area contributed by atoms with Crippen LogP contribution in [-0.4, -0.2) is 0 Å². The Hall–Kier alpha value is -3.64. The van der Waals surface area contributed by atoms with Gasteiger partial charge in [0.25, 0.3) is 0 Å². The molecule has 0 aromatic heterocycles. The lowest BCUT2D eigenvalue weighted by Crippen LogP contribution is -2.08. The highest BCUT2D eigenvalue weighted by Crippen LogP contribution is 2.63. The molecule has 0 spiro atoms. The predicted molar refractivity (Wildman–Crippen MR) is 131 cm³/mol. The van der Waals surface area contributed by atoms with Crippen LogP contribution in [0, 0.1) is 11.8 Å². The van der Waals surface area contributed by atoms with Crippen molar-refractivity contribution in [3.05, 3.63) is 144 Å². The van der Waals surface area contributed by atoms with Crippen LogP contribution in [-0.2, 0) is 0 Å². The Kier molecular flexibility index (Phi) is 4.43. The molecule has 4 aromatic rings. The standard InChI is InChI=1S/C31H24/c1-5-13-22(14-6-1)28-26-21-27(29(28)23-15-7-2-8-16-23)31(25-19-11-4-12-20-25)30(26)24-17-9-3-10-18-24/h1-20,26-27H,21H2. The molecule has 0 heteroatoms. The summed E-state index contributed by atoms with van der Waals surface area (Å²) in [5.74, 6) is 0.834. The molecule has 0 saturated carbocycles. The average molecular weight is 397 g/mol. The Morgan fingerprint density at radius 2 is 0.548 bits per heavy atom. The van der Waals surface area contributed by atoms with E-state index >= 15 is 0 Å². The lowest BCUT2D eigenvalue weighted by atomic mass is 9.76. The Balaban J connectivity index is 1.63. The Morgan fingerprint density at radius 1 is 0.323 bits per heavy atom. The molecule has 0 saturated heterocycles. The Bertz CT molecular complexity index is 1060. The SMILES string of the molecule is c1ccc(C2=C(c3ccccc3)C3CC2C(c2ccccc2)=C3c2ccccc2)cc1. The normalized spacial score (nSPS) is 19.9. The van der Waals surface area contributed by atoms with E-state index in [2.05, 4.69) is 121 Å². The van der Waals surface area contributed by atoms with Crippen molar-refractivity contribution >= 4 is 22.3 Å². The lowest BCUT2D eigenvalue weighted by Gasteiger charge is -2.27. The second kappa shape index (κ2) is 7.56. The van der Waals surface area contributed by atoms with E-state index in [0.717, 1.165) is 6.42 Å². The molecule has 0 heterocycles. The second-order valence-electron chi connectivity index (χ2n) is 8.46. The van der Waals surface area contributed by atoms with E-state index in [1.807, 2.05) is 0 Å². The maximum Gasteiger partial charge on any atom is 0.0117 e. The molecule has 0 N–H and O–H groups in total. The van der Waals surface area contributed by atoms with Gasteiger partial charge in [0.1, 0.15) is 0 Å². The zero-order valence-electron chi connectivity index (χ0n) is 17.4. The molecule has 0 radical (unpaired) electrons. The van der Waals surface area contributed by atoms with Gasteiger partial charge < -0.3 is 0 Å². The van der Waals surface area contributed by atoms with Gasteiger partial charge in [0.15, 0.2) is 0 Å². The average Bonchev–Trinajstić information content (AvgIpc) is 3.43. The summed E-state index contributed by atoms with van der Waals surface area (Å²) < 4.78 is 0. The summed E-state index contributed by atoms with van der Waals surface area (Å²) in [6.07, 6.45) is 1.16. The first-order valence-corrected chi connectivity index (χ1v) is 11.1. The molecule has 0 amide bonds. The zero-order chi connectivity index (χ0) is 20.6. The summed E-state index contributed by atoms with van der Waals surface area (Å²) in [5.41, 5.74) is 11.5. The van der Waals surface area contributed by atoms with Crippen molar-refractivity contribution in [2.45, 2.75) is 6.42 Å². The van der Waals surface area contributed by atoms with Gasteiger partial charge in [-0.3, -0.25) is 0 Å². The molecular weight excluding hydrogens is 372 g/mol. The van der Waals surface area contributed by atoms with Gasteiger partial charge >= 0.3 is 0 Å². The number of hydrogen-bond acceptors (Lipinski definition) is 0. The van der Waals surface area contributed by atoms with E-state index in [1.165, 1.54) is 44.5 Å². The highest BCUT2D eigenvalue weighted by molar-refractivity contribution is 6.14. The summed E-state index contributed by atoms with van der Waals surface area (Å²) >= 11 is 0. The second-order valence-corrected chi connectivity index (χ2v) is 8.46. The van der Waals surface area contributed by atoms with Gasteiger partial charge in [-0.25, -0.2) is 0 Å². The van der Waals surface area contributed by atoms with Crippen molar-refractivity contribution < 1.29 is 0 Å². The minimum atomic E-state index is 0.417. The Labute approximate surface area is 184 Å². The quantitative estimate of drug-likeness (QED) is 0.329. The van der Waals surface area contributed by atoms with Crippen LogP contribution in [0.25, 0.3) is 22.3 Å². The number of rotatable bonds is 4. The van der Waals surface area contributed by atoms with Gasteiger partial charge in [0, 0.05) is 11.8 Å². The van der Waals surface area contributed by atoms with Crippen molar-refractivity contribution in [1.29, 1.82) is 0 Å². The lowest BCUT2D eigenvalue weighted by molar-refractivity contribution is 0.760. The summed E-state index contributed by atoms with van der Waals surface area (Å²) in [7, 11) is 0. The molecule has 148 valence electrons. The van der Waals surface area contributed by atoms with Crippen LogP contribution < -0.4 is 0 Å². The fourth-order valence-electron chi connectivity index (χ4n) is 5.64. The smallest absolute Gasteiger partial charge is 0.0117 e. The summed E-state index contributed by atoms with van der Waals surface area (Å²) in [5, 5.41) is 0. The monoisotopic (exact) mass is 396 g/mol. The Morgan fingerprint density at radius 3 is 0.774 bits per heavy atom. The minimum absolute atomic E-state index is 0.417. The minimum Gasteiger partial charge on any atom is -0.0622 e. The molecule has 0 nitrogen and oxygen atoms in total. The highest BCUT2D eigenvalue weighted by atomic mass is 14.5. The maximum absolute atomic E-state index is 2.28. The number of allylic oxidation sites excluding steroid dienone is 4. The van der Waals surface area contributed by atoms with Crippen LogP contribution in [0.15, 0.2) is 121 Å². The molecule has 31 heavy (non-hydrogen) atoms. The number of fused-ring (bicyclic) bond motifs is 2. The molecule has 2 aliphatic carbocycles. The van der Waals surface area contributed by atoms with Crippen molar-refractivity contribution in [3.8, 4) is 0 Å². The van der Waals surface area contributed by atoms with Crippen LogP contribution in [0.2, 0.25) is 0 Å². The molecule has 0 atom stereocenters. The molecule has 2 aliphatic rings. The van der Waals surface area contributed by atoms with Gasteiger partial charge in [0.2, 0.25) is 0 Å². The van der Waals surface area contributed by atoms with Crippen LogP contribution in [0.4, 0.5) is 0 Å². The zero-order valence-corrected chi connectivity index (χ0v) is 17.4. The van der Waals surface area contributed by atoms with E-state index in [0.29, 0.717) is 11.8 Å². The van der Waals surface area contributed by atoms with Gasteiger partial charge in [-0.15, -0.1) is 0 Å². The van der Waals surface area contributed by atoms with E-state index < -0.39 is 0 Å². The first-order chi connectivity index (χ1) is 15.4. The topological polar surface area (TPSA) is 0 Å². The summed E-state index contributed by atoms with van der Waals surface area (Å²) in [6, 6.07) is 44.0. The van der Waals surface area contributed by atoms with Crippen molar-refractivity contribution in [1.82, 2.24) is 0 Å². The highest BCUT2D eigenvalue weighted by Gasteiger charge is 2.46. The number of benzene rings is 4. The largest absolute Gasteiger partial charge is 0.0622 e. The van der Waals surface area contributed by atoms with Crippen LogP contribution >= 0.6 is 0 Å². The van der Waals surface area contributed by atoms with Crippen LogP contribution in [0.5, 0.6) is 0 Å². The van der Waals surface area contributed by atoms with Gasteiger partial charge in [-0.2, -0.15) is 0 Å². The fraction of sp³-hybridized carbons (Fsp3) is 0.0968. The third-order valence-corrected chi connectivity index (χ3v) is 6.78. The fourth-order valence-corrected chi connectivity index (χ4v) is 5.64. The molecule has 0 unspecified atom stereocenters. The molecule has 6 rings (SSSR count). The first kappa shape index (κ1) is 18.2. The van der Waals surface area contributed by atoms with Crippen molar-refractivity contribution in [3.63, 3.8) is 0 Å².